The van der Waals surface area contributed by atoms with Crippen LogP contribution in [0.5, 0.6) is 0 Å². The monoisotopic (exact) mass is 334 g/mol. The van der Waals surface area contributed by atoms with Gasteiger partial charge < -0.3 is 4.74 Å². The Morgan fingerprint density at radius 1 is 1.20 bits per heavy atom. The predicted molar refractivity (Wildman–Crippen MR) is 92.6 cm³/mol. The molecule has 0 amide bonds. The van der Waals surface area contributed by atoms with Gasteiger partial charge >= 0.3 is 0 Å². The van der Waals surface area contributed by atoms with E-state index in [-0.39, 0.29) is 17.5 Å². The van der Waals surface area contributed by atoms with E-state index < -0.39 is 0 Å². The fourth-order valence-electron chi connectivity index (χ4n) is 2.88. The molecular formula is C20H15FN2O2. The van der Waals surface area contributed by atoms with Crippen LogP contribution in [0, 0.1) is 17.7 Å². The highest BCUT2D eigenvalue weighted by atomic mass is 19.1. The second kappa shape index (κ2) is 6.15. The van der Waals surface area contributed by atoms with Crippen molar-refractivity contribution in [2.45, 2.75) is 26.2 Å². The molecule has 1 atom stereocenters. The number of rotatable bonds is 0. The Morgan fingerprint density at radius 3 is 2.80 bits per heavy atom. The molecule has 4 nitrogen and oxygen atoms in total. The molecule has 0 bridgehead atoms. The molecule has 1 aliphatic rings. The Kier molecular flexibility index (Phi) is 3.83. The van der Waals surface area contributed by atoms with Gasteiger partial charge in [0.25, 0.3) is 5.56 Å². The summed E-state index contributed by atoms with van der Waals surface area (Å²) < 4.78 is 20.5. The molecule has 0 saturated heterocycles. The molecule has 124 valence electrons. The molecule has 0 spiro atoms. The summed E-state index contributed by atoms with van der Waals surface area (Å²) >= 11 is 0. The highest BCUT2D eigenvalue weighted by Crippen LogP contribution is 2.15. The van der Waals surface area contributed by atoms with Crippen LogP contribution < -0.4 is 5.56 Å². The van der Waals surface area contributed by atoms with E-state index in [4.69, 9.17) is 4.74 Å². The molecule has 25 heavy (non-hydrogen) atoms. The molecule has 2 heterocycles. The molecule has 0 aliphatic carbocycles. The van der Waals surface area contributed by atoms with Crippen LogP contribution in [-0.4, -0.2) is 15.7 Å². The maximum atomic E-state index is 13.2. The van der Waals surface area contributed by atoms with E-state index in [1.165, 1.54) is 12.1 Å². The second-order valence-electron chi connectivity index (χ2n) is 6.06. The standard InChI is InChI=1S/C20H15FN2O2/c1-13-11-23-19(12-25-13)22-18-10-15(7-8-17(18)20(23)24)6-5-14-3-2-4-16(21)9-14/h2-4,7-10,13H,11-12H2,1H3. The Balaban J connectivity index is 1.77. The molecule has 2 aromatic carbocycles. The molecule has 0 N–H and O–H groups in total. The summed E-state index contributed by atoms with van der Waals surface area (Å²) in [6.07, 6.45) is 0.000794. The molecule has 1 unspecified atom stereocenters. The zero-order chi connectivity index (χ0) is 17.4. The average Bonchev–Trinajstić information content (AvgIpc) is 2.61. The van der Waals surface area contributed by atoms with Gasteiger partial charge in [0.1, 0.15) is 18.2 Å². The lowest BCUT2D eigenvalue weighted by atomic mass is 10.1. The molecule has 5 heteroatoms. The number of fused-ring (bicyclic) bond motifs is 2. The molecule has 3 aromatic rings. The third kappa shape index (κ3) is 3.04. The van der Waals surface area contributed by atoms with E-state index in [1.54, 1.807) is 34.9 Å². The molecule has 4 rings (SSSR count). The molecule has 0 saturated carbocycles. The van der Waals surface area contributed by atoms with Gasteiger partial charge in [0, 0.05) is 11.1 Å². The highest BCUT2D eigenvalue weighted by Gasteiger charge is 2.19. The lowest BCUT2D eigenvalue weighted by Gasteiger charge is -2.23. The third-order valence-electron chi connectivity index (χ3n) is 4.15. The van der Waals surface area contributed by atoms with E-state index in [2.05, 4.69) is 16.8 Å². The van der Waals surface area contributed by atoms with Gasteiger partial charge in [-0.2, -0.15) is 0 Å². The van der Waals surface area contributed by atoms with Crippen molar-refractivity contribution in [1.82, 2.24) is 9.55 Å². The zero-order valence-electron chi connectivity index (χ0n) is 13.6. The normalized spacial score (nSPS) is 16.2. The summed E-state index contributed by atoms with van der Waals surface area (Å²) in [7, 11) is 0. The van der Waals surface area contributed by atoms with Crippen molar-refractivity contribution in [3.8, 4) is 11.8 Å². The van der Waals surface area contributed by atoms with E-state index in [9.17, 15) is 9.18 Å². The Labute approximate surface area is 143 Å². The van der Waals surface area contributed by atoms with Crippen LogP contribution in [0.3, 0.4) is 0 Å². The number of nitrogens with zero attached hydrogens (tertiary/aromatic N) is 2. The maximum Gasteiger partial charge on any atom is 0.261 e. The minimum absolute atomic E-state index is 0.000794. The average molecular weight is 334 g/mol. The first-order valence-electron chi connectivity index (χ1n) is 8.03. The predicted octanol–water partition coefficient (Wildman–Crippen LogP) is 2.85. The van der Waals surface area contributed by atoms with Crippen LogP contribution >= 0.6 is 0 Å². The summed E-state index contributed by atoms with van der Waals surface area (Å²) in [6.45, 7) is 2.77. The Hall–Kier alpha value is -2.97. The summed E-state index contributed by atoms with van der Waals surface area (Å²) in [4.78, 5) is 17.2. The number of aromatic nitrogens is 2. The van der Waals surface area contributed by atoms with Crippen LogP contribution in [0.25, 0.3) is 10.9 Å². The van der Waals surface area contributed by atoms with Crippen LogP contribution in [-0.2, 0) is 17.9 Å². The smallest absolute Gasteiger partial charge is 0.261 e. The van der Waals surface area contributed by atoms with Crippen LogP contribution in [0.4, 0.5) is 4.39 Å². The van der Waals surface area contributed by atoms with Gasteiger partial charge in [-0.1, -0.05) is 17.9 Å². The van der Waals surface area contributed by atoms with Crippen LogP contribution in [0.1, 0.15) is 23.9 Å². The molecule has 1 aromatic heterocycles. The lowest BCUT2D eigenvalue weighted by Crippen LogP contribution is -2.35. The fraction of sp³-hybridized carbons (Fsp3) is 0.200. The summed E-state index contributed by atoms with van der Waals surface area (Å²) in [6, 6.07) is 11.4. The Bertz CT molecular complexity index is 1090. The van der Waals surface area contributed by atoms with Crippen molar-refractivity contribution >= 4 is 10.9 Å². The highest BCUT2D eigenvalue weighted by molar-refractivity contribution is 5.79. The van der Waals surface area contributed by atoms with Gasteiger partial charge in [0.15, 0.2) is 0 Å². The number of benzene rings is 2. The van der Waals surface area contributed by atoms with Crippen molar-refractivity contribution in [2.75, 3.05) is 0 Å². The largest absolute Gasteiger partial charge is 0.369 e. The van der Waals surface area contributed by atoms with E-state index in [0.717, 1.165) is 5.56 Å². The van der Waals surface area contributed by atoms with E-state index in [1.807, 2.05) is 6.92 Å². The summed E-state index contributed by atoms with van der Waals surface area (Å²) in [5.41, 5.74) is 1.86. The SMILES string of the molecule is CC1Cn2c(nc3cc(C#Cc4cccc(F)c4)ccc3c2=O)CO1. The van der Waals surface area contributed by atoms with Crippen molar-refractivity contribution in [1.29, 1.82) is 0 Å². The quantitative estimate of drug-likeness (QED) is 0.594. The number of hydrogen-bond donors (Lipinski definition) is 0. The molecule has 0 radical (unpaired) electrons. The summed E-state index contributed by atoms with van der Waals surface area (Å²) in [5.74, 6) is 6.23. The third-order valence-corrected chi connectivity index (χ3v) is 4.15. The first-order chi connectivity index (χ1) is 12.1. The first-order valence-corrected chi connectivity index (χ1v) is 8.03. The lowest BCUT2D eigenvalue weighted by molar-refractivity contribution is 0.0117. The van der Waals surface area contributed by atoms with Gasteiger partial charge in [-0.25, -0.2) is 9.37 Å². The topological polar surface area (TPSA) is 44.1 Å². The van der Waals surface area contributed by atoms with Gasteiger partial charge in [-0.05, 0) is 43.3 Å². The number of halogens is 1. The van der Waals surface area contributed by atoms with Gasteiger partial charge in [0.05, 0.1) is 23.6 Å². The van der Waals surface area contributed by atoms with Crippen LogP contribution in [0.2, 0.25) is 0 Å². The molecule has 0 fully saturated rings. The second-order valence-corrected chi connectivity index (χ2v) is 6.06. The zero-order valence-corrected chi connectivity index (χ0v) is 13.6. The summed E-state index contributed by atoms with van der Waals surface area (Å²) in [5, 5.41) is 0.564. The van der Waals surface area contributed by atoms with Gasteiger partial charge in [-0.15, -0.1) is 0 Å². The molecular weight excluding hydrogens is 319 g/mol. The van der Waals surface area contributed by atoms with Crippen molar-refractivity contribution in [3.63, 3.8) is 0 Å². The van der Waals surface area contributed by atoms with E-state index >= 15 is 0 Å². The van der Waals surface area contributed by atoms with Gasteiger partial charge in [-0.3, -0.25) is 9.36 Å². The van der Waals surface area contributed by atoms with Crippen molar-refractivity contribution in [2.24, 2.45) is 0 Å². The van der Waals surface area contributed by atoms with E-state index in [0.29, 0.717) is 35.4 Å². The van der Waals surface area contributed by atoms with Crippen LogP contribution in [0.15, 0.2) is 47.3 Å². The Morgan fingerprint density at radius 2 is 2.00 bits per heavy atom. The van der Waals surface area contributed by atoms with Gasteiger partial charge in [0.2, 0.25) is 0 Å². The number of hydrogen-bond acceptors (Lipinski definition) is 3. The minimum Gasteiger partial charge on any atom is -0.369 e. The minimum atomic E-state index is -0.319. The first kappa shape index (κ1) is 15.6. The molecule has 1 aliphatic heterocycles. The maximum absolute atomic E-state index is 13.2. The van der Waals surface area contributed by atoms with Crippen molar-refractivity contribution < 1.29 is 9.13 Å². The number of ether oxygens (including phenoxy) is 1. The van der Waals surface area contributed by atoms with Crippen molar-refractivity contribution in [3.05, 3.63) is 75.6 Å². The fourth-order valence-corrected chi connectivity index (χ4v) is 2.88.